The molecule has 0 unspecified atom stereocenters. The minimum absolute atomic E-state index is 0.0578. The number of hydrogen-bond acceptors (Lipinski definition) is 4. The lowest BCUT2D eigenvalue weighted by Crippen LogP contribution is -2.48. The molecular formula is C21H33NO3. The van der Waals surface area contributed by atoms with Gasteiger partial charge in [-0.25, -0.2) is 0 Å². The van der Waals surface area contributed by atoms with Gasteiger partial charge in [-0.15, -0.1) is 0 Å². The van der Waals surface area contributed by atoms with Crippen LogP contribution in [0, 0.1) is 0 Å². The predicted molar refractivity (Wildman–Crippen MR) is 101 cm³/mol. The molecular weight excluding hydrogens is 314 g/mol. The largest absolute Gasteiger partial charge is 0.465 e. The average Bonchev–Trinajstić information content (AvgIpc) is 2.66. The molecule has 1 aromatic rings. The maximum atomic E-state index is 12.7. The van der Waals surface area contributed by atoms with Crippen molar-refractivity contribution in [3.05, 3.63) is 35.9 Å². The molecule has 1 heterocycles. The summed E-state index contributed by atoms with van der Waals surface area (Å²) in [6.45, 7) is 9.07. The van der Waals surface area contributed by atoms with Crippen LogP contribution in [0.3, 0.4) is 0 Å². The number of benzene rings is 1. The van der Waals surface area contributed by atoms with Gasteiger partial charge in [0, 0.05) is 13.2 Å². The van der Waals surface area contributed by atoms with E-state index in [0.29, 0.717) is 6.61 Å². The van der Waals surface area contributed by atoms with Crippen molar-refractivity contribution in [2.75, 3.05) is 39.5 Å². The predicted octanol–water partition coefficient (Wildman–Crippen LogP) is 3.79. The summed E-state index contributed by atoms with van der Waals surface area (Å²) < 4.78 is 10.8. The van der Waals surface area contributed by atoms with Crippen LogP contribution in [0.5, 0.6) is 0 Å². The molecule has 1 aromatic carbocycles. The SMILES string of the molecule is CCOCCCCCN1CCC(C(=O)OCC)(c2ccccc2)CC1. The monoisotopic (exact) mass is 347 g/mol. The molecule has 0 radical (unpaired) electrons. The molecule has 0 aromatic heterocycles. The van der Waals surface area contributed by atoms with Crippen molar-refractivity contribution in [1.29, 1.82) is 0 Å². The summed E-state index contributed by atoms with van der Waals surface area (Å²) in [4.78, 5) is 15.2. The Kier molecular flexibility index (Phi) is 8.42. The number of esters is 1. The van der Waals surface area contributed by atoms with Crippen LogP contribution in [-0.4, -0.2) is 50.3 Å². The number of carbonyl (C=O) groups is 1. The van der Waals surface area contributed by atoms with E-state index in [-0.39, 0.29) is 5.97 Å². The Morgan fingerprint density at radius 3 is 2.40 bits per heavy atom. The molecule has 4 nitrogen and oxygen atoms in total. The van der Waals surface area contributed by atoms with E-state index in [0.717, 1.165) is 57.7 Å². The van der Waals surface area contributed by atoms with Crippen LogP contribution in [0.25, 0.3) is 0 Å². The maximum absolute atomic E-state index is 12.7. The Balaban J connectivity index is 1.88. The van der Waals surface area contributed by atoms with Gasteiger partial charge in [-0.05, 0) is 71.1 Å². The van der Waals surface area contributed by atoms with Crippen molar-refractivity contribution >= 4 is 5.97 Å². The zero-order valence-corrected chi connectivity index (χ0v) is 15.8. The van der Waals surface area contributed by atoms with E-state index in [1.54, 1.807) is 0 Å². The molecule has 0 atom stereocenters. The molecule has 1 aliphatic rings. The molecule has 1 fully saturated rings. The zero-order chi connectivity index (χ0) is 18.0. The van der Waals surface area contributed by atoms with Gasteiger partial charge in [-0.1, -0.05) is 30.3 Å². The fourth-order valence-corrected chi connectivity index (χ4v) is 3.66. The first-order valence-electron chi connectivity index (χ1n) is 9.75. The lowest BCUT2D eigenvalue weighted by Gasteiger charge is -2.40. The van der Waals surface area contributed by atoms with Crippen molar-refractivity contribution in [1.82, 2.24) is 4.90 Å². The molecule has 2 rings (SSSR count). The highest BCUT2D eigenvalue weighted by Gasteiger charge is 2.43. The van der Waals surface area contributed by atoms with Crippen molar-refractivity contribution < 1.29 is 14.3 Å². The summed E-state index contributed by atoms with van der Waals surface area (Å²) in [5.74, 6) is -0.0578. The Morgan fingerprint density at radius 1 is 1.04 bits per heavy atom. The summed E-state index contributed by atoms with van der Waals surface area (Å²) in [5, 5.41) is 0. The first-order chi connectivity index (χ1) is 12.2. The molecule has 4 heteroatoms. The minimum Gasteiger partial charge on any atom is -0.465 e. The van der Waals surface area contributed by atoms with E-state index in [1.807, 2.05) is 32.0 Å². The molecule has 0 saturated carbocycles. The summed E-state index contributed by atoms with van der Waals surface area (Å²) in [7, 11) is 0. The quantitative estimate of drug-likeness (QED) is 0.477. The number of rotatable bonds is 10. The molecule has 25 heavy (non-hydrogen) atoms. The molecule has 0 N–H and O–H groups in total. The van der Waals surface area contributed by atoms with E-state index in [2.05, 4.69) is 17.0 Å². The normalized spacial score (nSPS) is 17.4. The van der Waals surface area contributed by atoms with Gasteiger partial charge in [0.05, 0.1) is 12.0 Å². The molecule has 1 aliphatic heterocycles. The van der Waals surface area contributed by atoms with Gasteiger partial charge in [-0.2, -0.15) is 0 Å². The van der Waals surface area contributed by atoms with E-state index in [9.17, 15) is 4.79 Å². The van der Waals surface area contributed by atoms with E-state index in [4.69, 9.17) is 9.47 Å². The fraction of sp³-hybridized carbons (Fsp3) is 0.667. The van der Waals surface area contributed by atoms with Crippen LogP contribution >= 0.6 is 0 Å². The average molecular weight is 347 g/mol. The van der Waals surface area contributed by atoms with Crippen LogP contribution in [0.15, 0.2) is 30.3 Å². The number of hydrogen-bond donors (Lipinski definition) is 0. The minimum atomic E-state index is -0.470. The van der Waals surface area contributed by atoms with Gasteiger partial charge in [0.25, 0.3) is 0 Å². The first-order valence-corrected chi connectivity index (χ1v) is 9.75. The van der Waals surface area contributed by atoms with E-state index >= 15 is 0 Å². The van der Waals surface area contributed by atoms with Crippen LogP contribution in [0.4, 0.5) is 0 Å². The Bertz CT molecular complexity index is 495. The van der Waals surface area contributed by atoms with E-state index in [1.165, 1.54) is 12.8 Å². The number of ether oxygens (including phenoxy) is 2. The van der Waals surface area contributed by atoms with Gasteiger partial charge in [0.2, 0.25) is 0 Å². The molecule has 0 aliphatic carbocycles. The lowest BCUT2D eigenvalue weighted by molar-refractivity contribution is -0.152. The molecule has 0 amide bonds. The standard InChI is InChI=1S/C21H33NO3/c1-3-24-18-10-6-9-15-22-16-13-21(14-17-22,20(23)25-4-2)19-11-7-5-8-12-19/h5,7-8,11-12H,3-4,6,9-10,13-18H2,1-2H3. The molecule has 140 valence electrons. The van der Waals surface area contributed by atoms with Crippen LogP contribution in [0.1, 0.15) is 51.5 Å². The number of carbonyl (C=O) groups excluding carboxylic acids is 1. The third-order valence-electron chi connectivity index (χ3n) is 5.17. The first kappa shape index (κ1) is 19.9. The highest BCUT2D eigenvalue weighted by molar-refractivity contribution is 5.83. The Hall–Kier alpha value is -1.39. The Labute approximate surface area is 152 Å². The Morgan fingerprint density at radius 2 is 1.76 bits per heavy atom. The van der Waals surface area contributed by atoms with Crippen LogP contribution < -0.4 is 0 Å². The van der Waals surface area contributed by atoms with Gasteiger partial charge < -0.3 is 14.4 Å². The second-order valence-corrected chi connectivity index (χ2v) is 6.77. The zero-order valence-electron chi connectivity index (χ0n) is 15.8. The van der Waals surface area contributed by atoms with Crippen molar-refractivity contribution in [2.24, 2.45) is 0 Å². The summed E-state index contributed by atoms with van der Waals surface area (Å²) >= 11 is 0. The summed E-state index contributed by atoms with van der Waals surface area (Å²) in [5.41, 5.74) is 0.632. The number of likely N-dealkylation sites (tertiary alicyclic amines) is 1. The van der Waals surface area contributed by atoms with Gasteiger partial charge in [0.15, 0.2) is 0 Å². The van der Waals surface area contributed by atoms with Gasteiger partial charge >= 0.3 is 5.97 Å². The van der Waals surface area contributed by atoms with Gasteiger partial charge in [0.1, 0.15) is 0 Å². The highest BCUT2D eigenvalue weighted by atomic mass is 16.5. The smallest absolute Gasteiger partial charge is 0.316 e. The molecule has 0 spiro atoms. The highest BCUT2D eigenvalue weighted by Crippen LogP contribution is 2.37. The summed E-state index contributed by atoms with van der Waals surface area (Å²) in [6.07, 6.45) is 5.23. The van der Waals surface area contributed by atoms with Crippen molar-refractivity contribution in [3.63, 3.8) is 0 Å². The second-order valence-electron chi connectivity index (χ2n) is 6.77. The molecule has 0 bridgehead atoms. The number of nitrogens with zero attached hydrogens (tertiary/aromatic N) is 1. The van der Waals surface area contributed by atoms with Crippen LogP contribution in [-0.2, 0) is 19.7 Å². The van der Waals surface area contributed by atoms with Crippen molar-refractivity contribution in [2.45, 2.75) is 51.4 Å². The topological polar surface area (TPSA) is 38.8 Å². The fourth-order valence-electron chi connectivity index (χ4n) is 3.66. The van der Waals surface area contributed by atoms with Crippen molar-refractivity contribution in [3.8, 4) is 0 Å². The van der Waals surface area contributed by atoms with Gasteiger partial charge in [-0.3, -0.25) is 4.79 Å². The lowest BCUT2D eigenvalue weighted by atomic mass is 9.72. The van der Waals surface area contributed by atoms with E-state index < -0.39 is 5.41 Å². The van der Waals surface area contributed by atoms with Crippen LogP contribution in [0.2, 0.25) is 0 Å². The molecule has 1 saturated heterocycles. The second kappa shape index (κ2) is 10.6. The third-order valence-corrected chi connectivity index (χ3v) is 5.17. The summed E-state index contributed by atoms with van der Waals surface area (Å²) in [6, 6.07) is 10.2. The number of piperidine rings is 1. The third kappa shape index (κ3) is 5.55. The maximum Gasteiger partial charge on any atom is 0.316 e. The number of unbranched alkanes of at least 4 members (excludes halogenated alkanes) is 2.